The van der Waals surface area contributed by atoms with Gasteiger partial charge in [0.05, 0.1) is 11.9 Å². The number of hydrogen-bond acceptors (Lipinski definition) is 6. The minimum atomic E-state index is -0.724. The Kier molecular flexibility index (Phi) is 10.6. The predicted octanol–water partition coefficient (Wildman–Crippen LogP) is 1.83. The molecule has 9 heteroatoms. The standard InChI is InChI=1S/C18H27BrN4O3.ClH/c1-2-26-18(25)16(12-20)23(17(24)11-19)13-14-5-9-22(10-6-14)15-3-7-21-8-4-15;/h3-4,7-8,14,16H,2,5-6,9-13,20H2,1H3;1H. The van der Waals surface area contributed by atoms with Gasteiger partial charge in [-0.25, -0.2) is 4.79 Å². The van der Waals surface area contributed by atoms with Gasteiger partial charge in [-0.3, -0.25) is 9.78 Å². The topological polar surface area (TPSA) is 88.8 Å². The quantitative estimate of drug-likeness (QED) is 0.467. The van der Waals surface area contributed by atoms with Crippen molar-refractivity contribution in [1.82, 2.24) is 9.88 Å². The SMILES string of the molecule is CCOC(=O)C(CN)N(CC1CCN(c2ccncc2)CC1)C(=O)CBr.Cl. The van der Waals surface area contributed by atoms with Crippen LogP contribution >= 0.6 is 28.3 Å². The number of aromatic nitrogens is 1. The lowest BCUT2D eigenvalue weighted by Crippen LogP contribution is -2.53. The molecule has 0 aliphatic carbocycles. The normalized spacial score (nSPS) is 15.6. The number of pyridine rings is 1. The van der Waals surface area contributed by atoms with Gasteiger partial charge in [-0.1, -0.05) is 15.9 Å². The van der Waals surface area contributed by atoms with Crippen molar-refractivity contribution in [2.24, 2.45) is 11.7 Å². The molecule has 0 saturated carbocycles. The Labute approximate surface area is 175 Å². The molecule has 1 amide bonds. The number of carbonyl (C=O) groups is 2. The number of esters is 1. The van der Waals surface area contributed by atoms with E-state index in [2.05, 4.69) is 25.8 Å². The van der Waals surface area contributed by atoms with Crippen LogP contribution in [0.2, 0.25) is 0 Å². The first-order valence-corrected chi connectivity index (χ1v) is 10.1. The second kappa shape index (κ2) is 12.2. The molecule has 1 unspecified atom stereocenters. The Bertz CT molecular complexity index is 585. The summed E-state index contributed by atoms with van der Waals surface area (Å²) < 4.78 is 5.09. The van der Waals surface area contributed by atoms with Gasteiger partial charge in [0.15, 0.2) is 0 Å². The van der Waals surface area contributed by atoms with E-state index in [1.54, 1.807) is 24.2 Å². The molecule has 0 aromatic carbocycles. The van der Waals surface area contributed by atoms with Gasteiger partial charge >= 0.3 is 5.97 Å². The van der Waals surface area contributed by atoms with Gasteiger partial charge in [-0.2, -0.15) is 0 Å². The van der Waals surface area contributed by atoms with Crippen molar-refractivity contribution in [3.63, 3.8) is 0 Å². The van der Waals surface area contributed by atoms with Crippen molar-refractivity contribution >= 4 is 45.9 Å². The fraction of sp³-hybridized carbons (Fsp3) is 0.611. The number of amides is 1. The third-order valence-corrected chi connectivity index (χ3v) is 5.17. The first-order valence-electron chi connectivity index (χ1n) is 8.97. The molecule has 1 aliphatic heterocycles. The molecule has 7 nitrogen and oxygen atoms in total. The highest BCUT2D eigenvalue weighted by molar-refractivity contribution is 9.09. The van der Waals surface area contributed by atoms with Crippen molar-refractivity contribution in [2.75, 3.05) is 43.0 Å². The van der Waals surface area contributed by atoms with Crippen molar-refractivity contribution in [3.8, 4) is 0 Å². The van der Waals surface area contributed by atoms with E-state index in [0.29, 0.717) is 12.5 Å². The molecule has 0 spiro atoms. The fourth-order valence-electron chi connectivity index (χ4n) is 3.28. The highest BCUT2D eigenvalue weighted by atomic mass is 79.9. The average molecular weight is 464 g/mol. The number of halogens is 2. The van der Waals surface area contributed by atoms with Crippen LogP contribution in [-0.2, 0) is 14.3 Å². The minimum absolute atomic E-state index is 0. The van der Waals surface area contributed by atoms with Gasteiger partial charge in [-0.15, -0.1) is 12.4 Å². The summed E-state index contributed by atoms with van der Waals surface area (Å²) in [6.45, 7) is 4.44. The second-order valence-electron chi connectivity index (χ2n) is 6.32. The Balaban J connectivity index is 0.00000364. The van der Waals surface area contributed by atoms with Crippen LogP contribution in [0, 0.1) is 5.92 Å². The van der Waals surface area contributed by atoms with E-state index < -0.39 is 12.0 Å². The van der Waals surface area contributed by atoms with Crippen LogP contribution in [0.3, 0.4) is 0 Å². The van der Waals surface area contributed by atoms with E-state index >= 15 is 0 Å². The first kappa shape index (κ1) is 23.7. The first-order chi connectivity index (χ1) is 12.6. The fourth-order valence-corrected chi connectivity index (χ4v) is 3.60. The molecule has 152 valence electrons. The zero-order valence-electron chi connectivity index (χ0n) is 15.6. The van der Waals surface area contributed by atoms with Gasteiger partial charge in [-0.05, 0) is 37.8 Å². The number of carbonyl (C=O) groups excluding carboxylic acids is 2. The molecule has 0 bridgehead atoms. The van der Waals surface area contributed by atoms with Gasteiger partial charge in [0.1, 0.15) is 6.04 Å². The number of rotatable bonds is 8. The Morgan fingerprint density at radius 2 is 2.00 bits per heavy atom. The zero-order valence-corrected chi connectivity index (χ0v) is 18.0. The lowest BCUT2D eigenvalue weighted by molar-refractivity contribution is -0.154. The number of piperidine rings is 1. The molecule has 2 heterocycles. The molecule has 1 aromatic heterocycles. The monoisotopic (exact) mass is 462 g/mol. The maximum atomic E-state index is 12.4. The maximum Gasteiger partial charge on any atom is 0.330 e. The van der Waals surface area contributed by atoms with Crippen molar-refractivity contribution < 1.29 is 14.3 Å². The van der Waals surface area contributed by atoms with Gasteiger partial charge in [0, 0.05) is 44.3 Å². The Morgan fingerprint density at radius 3 is 2.52 bits per heavy atom. The maximum absolute atomic E-state index is 12.4. The summed E-state index contributed by atoms with van der Waals surface area (Å²) in [6, 6.07) is 3.29. The number of ether oxygens (including phenoxy) is 1. The number of hydrogen-bond donors (Lipinski definition) is 1. The molecule has 1 atom stereocenters. The summed E-state index contributed by atoms with van der Waals surface area (Å²) >= 11 is 3.21. The number of alkyl halides is 1. The third-order valence-electron chi connectivity index (χ3n) is 4.69. The molecule has 2 N–H and O–H groups in total. The second-order valence-corrected chi connectivity index (χ2v) is 6.88. The number of nitrogens with zero attached hydrogens (tertiary/aromatic N) is 3. The van der Waals surface area contributed by atoms with E-state index in [4.69, 9.17) is 10.5 Å². The smallest absolute Gasteiger partial charge is 0.330 e. The molecule has 1 fully saturated rings. The summed E-state index contributed by atoms with van der Waals surface area (Å²) in [7, 11) is 0. The third kappa shape index (κ3) is 6.62. The summed E-state index contributed by atoms with van der Waals surface area (Å²) in [6.07, 6.45) is 5.50. The Morgan fingerprint density at radius 1 is 1.37 bits per heavy atom. The van der Waals surface area contributed by atoms with Crippen LogP contribution in [0.1, 0.15) is 19.8 Å². The van der Waals surface area contributed by atoms with Crippen molar-refractivity contribution in [1.29, 1.82) is 0 Å². The summed E-state index contributed by atoms with van der Waals surface area (Å²) in [5, 5.41) is 0.165. The average Bonchev–Trinajstić information content (AvgIpc) is 2.68. The lowest BCUT2D eigenvalue weighted by Gasteiger charge is -2.37. The number of anilines is 1. The van der Waals surface area contributed by atoms with Crippen LogP contribution in [0.5, 0.6) is 0 Å². The van der Waals surface area contributed by atoms with Gasteiger partial charge < -0.3 is 20.3 Å². The van der Waals surface area contributed by atoms with E-state index in [0.717, 1.165) is 31.6 Å². The van der Waals surface area contributed by atoms with E-state index in [9.17, 15) is 9.59 Å². The molecular formula is C18H28BrClN4O3. The van der Waals surface area contributed by atoms with Gasteiger partial charge in [0.2, 0.25) is 5.91 Å². The van der Waals surface area contributed by atoms with Crippen LogP contribution in [0.4, 0.5) is 5.69 Å². The summed E-state index contributed by atoms with van der Waals surface area (Å²) in [5.41, 5.74) is 6.94. The van der Waals surface area contributed by atoms with E-state index in [1.807, 2.05) is 12.1 Å². The van der Waals surface area contributed by atoms with E-state index in [-0.39, 0.29) is 36.8 Å². The van der Waals surface area contributed by atoms with Gasteiger partial charge in [0.25, 0.3) is 0 Å². The summed E-state index contributed by atoms with van der Waals surface area (Å²) in [4.78, 5) is 32.5. The van der Waals surface area contributed by atoms with Crippen LogP contribution in [0.25, 0.3) is 0 Å². The zero-order chi connectivity index (χ0) is 18.9. The minimum Gasteiger partial charge on any atom is -0.464 e. The molecule has 0 radical (unpaired) electrons. The Hall–Kier alpha value is -1.38. The summed E-state index contributed by atoms with van der Waals surface area (Å²) in [5.74, 6) is -0.233. The predicted molar refractivity (Wildman–Crippen MR) is 111 cm³/mol. The highest BCUT2D eigenvalue weighted by Gasteiger charge is 2.32. The molecule has 2 rings (SSSR count). The molecule has 1 aromatic rings. The van der Waals surface area contributed by atoms with Crippen LogP contribution < -0.4 is 10.6 Å². The largest absolute Gasteiger partial charge is 0.464 e. The van der Waals surface area contributed by atoms with Crippen LogP contribution in [-0.4, -0.2) is 65.9 Å². The van der Waals surface area contributed by atoms with Crippen molar-refractivity contribution in [2.45, 2.75) is 25.8 Å². The molecule has 27 heavy (non-hydrogen) atoms. The lowest BCUT2D eigenvalue weighted by atomic mass is 9.95. The molecular weight excluding hydrogens is 436 g/mol. The number of nitrogens with two attached hydrogens (primary N) is 1. The highest BCUT2D eigenvalue weighted by Crippen LogP contribution is 2.24. The molecule has 1 saturated heterocycles. The molecule has 1 aliphatic rings. The van der Waals surface area contributed by atoms with Crippen LogP contribution in [0.15, 0.2) is 24.5 Å². The van der Waals surface area contributed by atoms with E-state index in [1.165, 1.54) is 0 Å². The van der Waals surface area contributed by atoms with Crippen molar-refractivity contribution in [3.05, 3.63) is 24.5 Å².